The van der Waals surface area contributed by atoms with Gasteiger partial charge in [-0.1, -0.05) is 18.2 Å². The van der Waals surface area contributed by atoms with Crippen LogP contribution in [0, 0.1) is 0 Å². The van der Waals surface area contributed by atoms with Crippen LogP contribution < -0.4 is 10.5 Å². The lowest BCUT2D eigenvalue weighted by molar-refractivity contribution is 0.0988. The van der Waals surface area contributed by atoms with E-state index in [2.05, 4.69) is 4.98 Å². The van der Waals surface area contributed by atoms with E-state index >= 15 is 0 Å². The lowest BCUT2D eigenvalue weighted by Crippen LogP contribution is -2.07. The average Bonchev–Trinajstić information content (AvgIpc) is 2.88. The second-order valence-electron chi connectivity index (χ2n) is 4.08. The number of thiazole rings is 1. The lowest BCUT2D eigenvalue weighted by atomic mass is 10.1. The lowest BCUT2D eigenvalue weighted by Gasteiger charge is -2.06. The molecule has 100 valence electrons. The number of nitrogens with zero attached hydrogens (tertiary/aromatic N) is 1. The maximum Gasteiger partial charge on any atom is 0.186 e. The summed E-state index contributed by atoms with van der Waals surface area (Å²) in [5.74, 6) is 0.734. The SMILES string of the molecule is COc1ccccc1CC(=O)c1csc(CCN)n1. The van der Waals surface area contributed by atoms with Gasteiger partial charge in [-0.2, -0.15) is 0 Å². The van der Waals surface area contributed by atoms with Crippen LogP contribution in [0.25, 0.3) is 0 Å². The molecule has 0 atom stereocenters. The van der Waals surface area contributed by atoms with Gasteiger partial charge >= 0.3 is 0 Å². The quantitative estimate of drug-likeness (QED) is 0.820. The van der Waals surface area contributed by atoms with Gasteiger partial charge in [-0.05, 0) is 12.6 Å². The zero-order chi connectivity index (χ0) is 13.7. The second-order valence-corrected chi connectivity index (χ2v) is 5.02. The summed E-state index contributed by atoms with van der Waals surface area (Å²) >= 11 is 1.48. The topological polar surface area (TPSA) is 65.2 Å². The Labute approximate surface area is 116 Å². The summed E-state index contributed by atoms with van der Waals surface area (Å²) in [5, 5.41) is 2.70. The van der Waals surface area contributed by atoms with Crippen LogP contribution in [0.1, 0.15) is 21.1 Å². The van der Waals surface area contributed by atoms with Crippen molar-refractivity contribution in [3.63, 3.8) is 0 Å². The largest absolute Gasteiger partial charge is 0.496 e. The first kappa shape index (κ1) is 13.7. The van der Waals surface area contributed by atoms with Crippen molar-refractivity contribution in [2.45, 2.75) is 12.8 Å². The van der Waals surface area contributed by atoms with Crippen LogP contribution >= 0.6 is 11.3 Å². The van der Waals surface area contributed by atoms with Crippen molar-refractivity contribution < 1.29 is 9.53 Å². The highest BCUT2D eigenvalue weighted by Crippen LogP contribution is 2.20. The number of para-hydroxylation sites is 1. The first-order valence-corrected chi connectivity index (χ1v) is 6.92. The molecule has 0 aliphatic heterocycles. The number of carbonyl (C=O) groups is 1. The van der Waals surface area contributed by atoms with Gasteiger partial charge < -0.3 is 10.5 Å². The number of nitrogens with two attached hydrogens (primary N) is 1. The molecule has 0 unspecified atom stereocenters. The van der Waals surface area contributed by atoms with Crippen molar-refractivity contribution in [2.24, 2.45) is 5.73 Å². The molecule has 0 bridgehead atoms. The molecule has 2 rings (SSSR count). The Kier molecular flexibility index (Phi) is 4.65. The van der Waals surface area contributed by atoms with Crippen molar-refractivity contribution >= 4 is 17.1 Å². The smallest absolute Gasteiger partial charge is 0.186 e. The third-order valence-electron chi connectivity index (χ3n) is 2.74. The average molecular weight is 276 g/mol. The summed E-state index contributed by atoms with van der Waals surface area (Å²) in [7, 11) is 1.60. The molecule has 0 fully saturated rings. The Morgan fingerprint density at radius 3 is 2.95 bits per heavy atom. The summed E-state index contributed by atoms with van der Waals surface area (Å²) in [4.78, 5) is 16.5. The Bertz CT molecular complexity index is 566. The summed E-state index contributed by atoms with van der Waals surface area (Å²) in [6.45, 7) is 0.549. The number of Topliss-reactive ketones (excluding diaryl/α,β-unsaturated/α-hetero) is 1. The molecule has 0 amide bonds. The molecular formula is C14H16N2O2S. The third kappa shape index (κ3) is 3.39. The van der Waals surface area contributed by atoms with Gasteiger partial charge in [0, 0.05) is 23.8 Å². The van der Waals surface area contributed by atoms with Crippen LogP contribution in [0.2, 0.25) is 0 Å². The minimum atomic E-state index is 0.00372. The van der Waals surface area contributed by atoms with Gasteiger partial charge in [-0.3, -0.25) is 4.79 Å². The minimum Gasteiger partial charge on any atom is -0.496 e. The van der Waals surface area contributed by atoms with Crippen LogP contribution in [0.3, 0.4) is 0 Å². The maximum absolute atomic E-state index is 12.2. The second kappa shape index (κ2) is 6.45. The van der Waals surface area contributed by atoms with Crippen molar-refractivity contribution in [3.05, 3.63) is 45.9 Å². The number of rotatable bonds is 6. The number of benzene rings is 1. The van der Waals surface area contributed by atoms with Gasteiger partial charge in [0.25, 0.3) is 0 Å². The molecule has 2 aromatic rings. The predicted octanol–water partition coefficient (Wildman–Crippen LogP) is 2.08. The van der Waals surface area contributed by atoms with Crippen LogP contribution in [0.4, 0.5) is 0 Å². The summed E-state index contributed by atoms with van der Waals surface area (Å²) < 4.78 is 5.24. The molecule has 0 aliphatic rings. The van der Waals surface area contributed by atoms with Crippen molar-refractivity contribution in [3.8, 4) is 5.75 Å². The van der Waals surface area contributed by atoms with Gasteiger partial charge in [0.2, 0.25) is 0 Å². The fourth-order valence-corrected chi connectivity index (χ4v) is 2.61. The van der Waals surface area contributed by atoms with Crippen LogP contribution in [0.15, 0.2) is 29.6 Å². The molecule has 5 heteroatoms. The normalized spacial score (nSPS) is 10.4. The number of hydrogen-bond donors (Lipinski definition) is 1. The summed E-state index contributed by atoms with van der Waals surface area (Å²) in [6, 6.07) is 7.52. The third-order valence-corrected chi connectivity index (χ3v) is 3.65. The number of ketones is 1. The van der Waals surface area contributed by atoms with Crippen LogP contribution in [-0.4, -0.2) is 24.4 Å². The molecule has 0 aliphatic carbocycles. The molecule has 0 radical (unpaired) electrons. The molecule has 4 nitrogen and oxygen atoms in total. The zero-order valence-electron chi connectivity index (χ0n) is 10.8. The van der Waals surface area contributed by atoms with E-state index in [0.29, 0.717) is 25.1 Å². The maximum atomic E-state index is 12.2. The summed E-state index contributed by atoms with van der Waals surface area (Å²) in [5.41, 5.74) is 6.86. The number of ether oxygens (including phenoxy) is 1. The Balaban J connectivity index is 2.11. The highest BCUT2D eigenvalue weighted by atomic mass is 32.1. The van der Waals surface area contributed by atoms with E-state index in [4.69, 9.17) is 10.5 Å². The van der Waals surface area contributed by atoms with Gasteiger partial charge in [-0.15, -0.1) is 11.3 Å². The molecule has 0 saturated heterocycles. The molecule has 19 heavy (non-hydrogen) atoms. The highest BCUT2D eigenvalue weighted by Gasteiger charge is 2.13. The van der Waals surface area contributed by atoms with Gasteiger partial charge in [-0.25, -0.2) is 4.98 Å². The fourth-order valence-electron chi connectivity index (χ4n) is 1.79. The Morgan fingerprint density at radius 2 is 2.21 bits per heavy atom. The van der Waals surface area contributed by atoms with Crippen LogP contribution in [-0.2, 0) is 12.8 Å². The van der Waals surface area contributed by atoms with Crippen LogP contribution in [0.5, 0.6) is 5.75 Å². The van der Waals surface area contributed by atoms with E-state index in [0.717, 1.165) is 16.3 Å². The monoisotopic (exact) mass is 276 g/mol. The minimum absolute atomic E-state index is 0.00372. The van der Waals surface area contributed by atoms with E-state index in [1.807, 2.05) is 24.3 Å². The first-order valence-electron chi connectivity index (χ1n) is 6.04. The number of hydrogen-bond acceptors (Lipinski definition) is 5. The Morgan fingerprint density at radius 1 is 1.42 bits per heavy atom. The molecule has 2 N–H and O–H groups in total. The number of aromatic nitrogens is 1. The molecular weight excluding hydrogens is 260 g/mol. The molecule has 1 heterocycles. The van der Waals surface area contributed by atoms with E-state index < -0.39 is 0 Å². The van der Waals surface area contributed by atoms with Gasteiger partial charge in [0.05, 0.1) is 12.1 Å². The van der Waals surface area contributed by atoms with Crippen molar-refractivity contribution in [2.75, 3.05) is 13.7 Å². The van der Waals surface area contributed by atoms with E-state index in [1.54, 1.807) is 12.5 Å². The molecule has 1 aromatic carbocycles. The van der Waals surface area contributed by atoms with Gasteiger partial charge in [0.15, 0.2) is 5.78 Å². The molecule has 0 spiro atoms. The van der Waals surface area contributed by atoms with E-state index in [-0.39, 0.29) is 5.78 Å². The molecule has 0 saturated carbocycles. The zero-order valence-corrected chi connectivity index (χ0v) is 11.6. The fraction of sp³-hybridized carbons (Fsp3) is 0.286. The predicted molar refractivity (Wildman–Crippen MR) is 75.9 cm³/mol. The summed E-state index contributed by atoms with van der Waals surface area (Å²) in [6.07, 6.45) is 1.02. The van der Waals surface area contributed by atoms with E-state index in [1.165, 1.54) is 11.3 Å². The molecule has 1 aromatic heterocycles. The number of methoxy groups -OCH3 is 1. The Hall–Kier alpha value is -1.72. The standard InChI is InChI=1S/C14H16N2O2S/c1-18-13-5-3-2-4-10(13)8-12(17)11-9-19-14(16-11)6-7-15/h2-5,9H,6-8,15H2,1H3. The number of carbonyl (C=O) groups excluding carboxylic acids is 1. The highest BCUT2D eigenvalue weighted by molar-refractivity contribution is 7.09. The van der Waals surface area contributed by atoms with Crippen molar-refractivity contribution in [1.82, 2.24) is 4.98 Å². The van der Waals surface area contributed by atoms with Crippen molar-refractivity contribution in [1.29, 1.82) is 0 Å². The first-order chi connectivity index (χ1) is 9.24. The van der Waals surface area contributed by atoms with Gasteiger partial charge in [0.1, 0.15) is 11.4 Å². The van der Waals surface area contributed by atoms with E-state index in [9.17, 15) is 4.79 Å².